The molecule has 0 aliphatic carbocycles. The zero-order valence-electron chi connectivity index (χ0n) is 13.9. The van der Waals surface area contributed by atoms with Crippen LogP contribution in [0.3, 0.4) is 0 Å². The number of ketones is 1. The second kappa shape index (κ2) is 8.00. The first-order chi connectivity index (χ1) is 13.3. The van der Waals surface area contributed by atoms with Crippen molar-refractivity contribution in [1.82, 2.24) is 4.98 Å². The molecule has 1 heterocycles. The molecular weight excluding hydrogens is 413 g/mol. The molecule has 0 saturated heterocycles. The van der Waals surface area contributed by atoms with Crippen molar-refractivity contribution in [2.45, 2.75) is 12.3 Å². The van der Waals surface area contributed by atoms with E-state index >= 15 is 0 Å². The van der Waals surface area contributed by atoms with E-state index in [0.29, 0.717) is 15.7 Å². The van der Waals surface area contributed by atoms with Crippen molar-refractivity contribution in [3.8, 4) is 23.1 Å². The maximum Gasteiger partial charge on any atom is 0.573 e. The number of halogens is 4. The average Bonchev–Trinajstić information content (AvgIpc) is 3.12. The molecule has 2 aromatic carbocycles. The van der Waals surface area contributed by atoms with Gasteiger partial charge in [0.25, 0.3) is 0 Å². The van der Waals surface area contributed by atoms with E-state index in [-0.39, 0.29) is 5.56 Å². The van der Waals surface area contributed by atoms with Gasteiger partial charge in [0, 0.05) is 21.5 Å². The molecule has 4 nitrogen and oxygen atoms in total. The summed E-state index contributed by atoms with van der Waals surface area (Å²) in [4.78, 5) is 17.0. The number of hydrogen-bond acceptors (Lipinski definition) is 5. The fourth-order valence-electron chi connectivity index (χ4n) is 2.39. The van der Waals surface area contributed by atoms with Gasteiger partial charge in [-0.2, -0.15) is 5.26 Å². The average molecular weight is 423 g/mol. The van der Waals surface area contributed by atoms with E-state index in [4.69, 9.17) is 11.6 Å². The molecule has 0 aliphatic rings. The molecule has 1 unspecified atom stereocenters. The molecule has 0 radical (unpaired) electrons. The number of nitriles is 1. The van der Waals surface area contributed by atoms with Crippen LogP contribution in [0, 0.1) is 11.3 Å². The molecule has 9 heteroatoms. The summed E-state index contributed by atoms with van der Waals surface area (Å²) in [6.45, 7) is 0. The maximum atomic E-state index is 12.6. The number of aromatic nitrogens is 1. The van der Waals surface area contributed by atoms with Crippen LogP contribution in [-0.2, 0) is 0 Å². The molecule has 0 aliphatic heterocycles. The van der Waals surface area contributed by atoms with Crippen LogP contribution in [0.5, 0.6) is 5.75 Å². The smallest absolute Gasteiger partial charge is 0.406 e. The SMILES string of the molecule is N#CC(C(=O)c1ccc(OC(F)(F)F)cc1)c1nc(-c2ccc(Cl)cc2)cs1. The van der Waals surface area contributed by atoms with Gasteiger partial charge in [-0.1, -0.05) is 23.7 Å². The summed E-state index contributed by atoms with van der Waals surface area (Å²) in [5.74, 6) is -2.17. The Hall–Kier alpha value is -2.89. The predicted octanol–water partition coefficient (Wildman–Crippen LogP) is 5.85. The quantitative estimate of drug-likeness (QED) is 0.484. The molecular formula is C19H10ClF3N2O2S. The summed E-state index contributed by atoms with van der Waals surface area (Å²) >= 11 is 7.01. The molecule has 1 aromatic heterocycles. The molecule has 142 valence electrons. The molecule has 1 atom stereocenters. The highest BCUT2D eigenvalue weighted by molar-refractivity contribution is 7.10. The summed E-state index contributed by atoms with van der Waals surface area (Å²) < 4.78 is 40.4. The highest BCUT2D eigenvalue weighted by Gasteiger charge is 2.31. The predicted molar refractivity (Wildman–Crippen MR) is 98.4 cm³/mol. The molecule has 28 heavy (non-hydrogen) atoms. The third-order valence-electron chi connectivity index (χ3n) is 3.67. The molecule has 0 fully saturated rings. The van der Waals surface area contributed by atoms with E-state index in [0.717, 1.165) is 29.0 Å². The fourth-order valence-corrected chi connectivity index (χ4v) is 3.38. The summed E-state index contributed by atoms with van der Waals surface area (Å²) in [7, 11) is 0. The number of rotatable bonds is 5. The van der Waals surface area contributed by atoms with Crippen LogP contribution < -0.4 is 4.74 Å². The van der Waals surface area contributed by atoms with Gasteiger partial charge in [0.05, 0.1) is 11.8 Å². The number of thiazole rings is 1. The largest absolute Gasteiger partial charge is 0.573 e. The summed E-state index contributed by atoms with van der Waals surface area (Å²) in [6, 6.07) is 13.3. The van der Waals surface area contributed by atoms with Gasteiger partial charge in [-0.25, -0.2) is 4.98 Å². The Morgan fingerprint density at radius 2 is 1.79 bits per heavy atom. The lowest BCUT2D eigenvalue weighted by atomic mass is 9.99. The lowest BCUT2D eigenvalue weighted by Gasteiger charge is -2.10. The molecule has 0 spiro atoms. The second-order valence-electron chi connectivity index (χ2n) is 5.58. The van der Waals surface area contributed by atoms with Gasteiger partial charge in [0.2, 0.25) is 0 Å². The third-order valence-corrected chi connectivity index (χ3v) is 4.83. The summed E-state index contributed by atoms with van der Waals surface area (Å²) in [5.41, 5.74) is 1.47. The van der Waals surface area contributed by atoms with E-state index in [9.17, 15) is 23.2 Å². The standard InChI is InChI=1S/C19H10ClF3N2O2S/c20-13-5-1-11(2-6-13)16-10-28-18(25-16)15(9-24)17(26)12-3-7-14(8-4-12)27-19(21,22)23/h1-8,10,15H. The monoisotopic (exact) mass is 422 g/mol. The summed E-state index contributed by atoms with van der Waals surface area (Å²) in [6.07, 6.45) is -4.82. The van der Waals surface area contributed by atoms with E-state index in [1.807, 2.05) is 6.07 Å². The van der Waals surface area contributed by atoms with Crippen molar-refractivity contribution in [2.75, 3.05) is 0 Å². The number of Topliss-reactive ketones (excluding diaryl/α,β-unsaturated/α-hetero) is 1. The van der Waals surface area contributed by atoms with Crippen molar-refractivity contribution in [3.05, 3.63) is 69.5 Å². The van der Waals surface area contributed by atoms with Gasteiger partial charge < -0.3 is 4.74 Å². The van der Waals surface area contributed by atoms with Crippen molar-refractivity contribution in [3.63, 3.8) is 0 Å². The second-order valence-corrected chi connectivity index (χ2v) is 6.90. The van der Waals surface area contributed by atoms with Crippen LogP contribution in [-0.4, -0.2) is 17.1 Å². The van der Waals surface area contributed by atoms with Gasteiger partial charge in [-0.3, -0.25) is 4.79 Å². The Labute approximate surface area is 166 Å². The first-order valence-corrected chi connectivity index (χ1v) is 9.03. The minimum Gasteiger partial charge on any atom is -0.406 e. The van der Waals surface area contributed by atoms with E-state index in [1.54, 1.807) is 29.6 Å². The molecule has 0 saturated carbocycles. The number of benzene rings is 2. The van der Waals surface area contributed by atoms with Gasteiger partial charge in [-0.05, 0) is 36.4 Å². The normalized spacial score (nSPS) is 12.2. The van der Waals surface area contributed by atoms with Gasteiger partial charge in [0.15, 0.2) is 11.7 Å². The number of carbonyl (C=O) groups is 1. The Bertz CT molecular complexity index is 1030. The first-order valence-electron chi connectivity index (χ1n) is 7.78. The van der Waals surface area contributed by atoms with Crippen LogP contribution in [0.15, 0.2) is 53.9 Å². The number of carbonyl (C=O) groups excluding carboxylic acids is 1. The van der Waals surface area contributed by atoms with Crippen LogP contribution in [0.4, 0.5) is 13.2 Å². The van der Waals surface area contributed by atoms with E-state index in [2.05, 4.69) is 9.72 Å². The van der Waals surface area contributed by atoms with Crippen molar-refractivity contribution >= 4 is 28.7 Å². The van der Waals surface area contributed by atoms with Crippen LogP contribution >= 0.6 is 22.9 Å². The number of hydrogen-bond donors (Lipinski definition) is 0. The zero-order chi connectivity index (χ0) is 20.3. The lowest BCUT2D eigenvalue weighted by molar-refractivity contribution is -0.274. The Morgan fingerprint density at radius 1 is 1.14 bits per heavy atom. The minimum atomic E-state index is -4.82. The molecule has 0 amide bonds. The van der Waals surface area contributed by atoms with Crippen molar-refractivity contribution < 1.29 is 22.7 Å². The Kier molecular flexibility index (Phi) is 5.68. The highest BCUT2D eigenvalue weighted by atomic mass is 35.5. The van der Waals surface area contributed by atoms with Crippen LogP contribution in [0.2, 0.25) is 5.02 Å². The molecule has 3 aromatic rings. The topological polar surface area (TPSA) is 63.0 Å². The van der Waals surface area contributed by atoms with Crippen molar-refractivity contribution in [1.29, 1.82) is 5.26 Å². The highest BCUT2D eigenvalue weighted by Crippen LogP contribution is 2.30. The number of alkyl halides is 3. The third kappa shape index (κ3) is 4.68. The van der Waals surface area contributed by atoms with Gasteiger partial charge >= 0.3 is 6.36 Å². The molecule has 0 N–H and O–H groups in total. The minimum absolute atomic E-state index is 0.0873. The fraction of sp³-hybridized carbons (Fsp3) is 0.105. The number of ether oxygens (including phenoxy) is 1. The van der Waals surface area contributed by atoms with Crippen LogP contribution in [0.1, 0.15) is 21.3 Å². The van der Waals surface area contributed by atoms with Crippen molar-refractivity contribution in [2.24, 2.45) is 0 Å². The lowest BCUT2D eigenvalue weighted by Crippen LogP contribution is -2.17. The Balaban J connectivity index is 1.81. The first kappa shape index (κ1) is 19.9. The van der Waals surface area contributed by atoms with Gasteiger partial charge in [-0.15, -0.1) is 24.5 Å². The molecule has 3 rings (SSSR count). The Morgan fingerprint density at radius 3 is 2.36 bits per heavy atom. The van der Waals surface area contributed by atoms with E-state index in [1.165, 1.54) is 12.1 Å². The summed E-state index contributed by atoms with van der Waals surface area (Å²) in [5, 5.41) is 12.0. The van der Waals surface area contributed by atoms with Gasteiger partial charge in [0.1, 0.15) is 10.8 Å². The van der Waals surface area contributed by atoms with Crippen LogP contribution in [0.25, 0.3) is 11.3 Å². The molecule has 0 bridgehead atoms. The number of nitrogens with zero attached hydrogens (tertiary/aromatic N) is 2. The zero-order valence-corrected chi connectivity index (χ0v) is 15.5. The maximum absolute atomic E-state index is 12.6. The van der Waals surface area contributed by atoms with E-state index < -0.39 is 23.8 Å².